The summed E-state index contributed by atoms with van der Waals surface area (Å²) in [4.78, 5) is 11.6. The zero-order valence-corrected chi connectivity index (χ0v) is 12.3. The van der Waals surface area contributed by atoms with Crippen LogP contribution in [0.1, 0.15) is 10.6 Å². The summed E-state index contributed by atoms with van der Waals surface area (Å²) in [5, 5.41) is 12.9. The maximum atomic E-state index is 11.6. The van der Waals surface area contributed by atoms with Gasteiger partial charge in [0.05, 0.1) is 22.7 Å². The molecule has 1 heterocycles. The van der Waals surface area contributed by atoms with Gasteiger partial charge in [0.1, 0.15) is 5.01 Å². The fourth-order valence-corrected chi connectivity index (χ4v) is 2.42. The number of nitrogens with zero attached hydrogens (tertiary/aromatic N) is 3. The summed E-state index contributed by atoms with van der Waals surface area (Å²) in [6.45, 7) is 0. The van der Waals surface area contributed by atoms with Gasteiger partial charge in [0.2, 0.25) is 11.0 Å². The Kier molecular flexibility index (Phi) is 4.89. The maximum absolute atomic E-state index is 11.6. The van der Waals surface area contributed by atoms with Crippen LogP contribution in [-0.4, -0.2) is 22.3 Å². The normalized spacial score (nSPS) is 10.9. The standard InChI is InChI=1S/C11H9Cl2N5OS/c12-7-2-1-3-8(13)6(7)5-15-16-9(19)4-10-17-18-11(14)20-10/h1-3,5H,4H2,(H2,14,18)(H,16,19)/b15-5+. The quantitative estimate of drug-likeness (QED) is 0.663. The lowest BCUT2D eigenvalue weighted by molar-refractivity contribution is -0.120. The number of carbonyl (C=O) groups is 1. The average molecular weight is 330 g/mol. The Morgan fingerprint density at radius 1 is 1.40 bits per heavy atom. The van der Waals surface area contributed by atoms with Gasteiger partial charge in [-0.05, 0) is 12.1 Å². The Bertz CT molecular complexity index is 638. The highest BCUT2D eigenvalue weighted by Gasteiger charge is 2.07. The Morgan fingerprint density at radius 3 is 2.70 bits per heavy atom. The maximum Gasteiger partial charge on any atom is 0.247 e. The third-order valence-corrected chi connectivity index (χ3v) is 3.59. The largest absolute Gasteiger partial charge is 0.374 e. The number of hydrogen-bond donors (Lipinski definition) is 2. The van der Waals surface area contributed by atoms with Gasteiger partial charge in [0.25, 0.3) is 0 Å². The van der Waals surface area contributed by atoms with Crippen molar-refractivity contribution in [2.75, 3.05) is 5.73 Å². The number of carbonyl (C=O) groups excluding carboxylic acids is 1. The van der Waals surface area contributed by atoms with E-state index in [4.69, 9.17) is 28.9 Å². The molecule has 20 heavy (non-hydrogen) atoms. The van der Waals surface area contributed by atoms with Crippen LogP contribution in [0, 0.1) is 0 Å². The van der Waals surface area contributed by atoms with Crippen LogP contribution in [0.4, 0.5) is 5.13 Å². The summed E-state index contributed by atoms with van der Waals surface area (Å²) < 4.78 is 0. The van der Waals surface area contributed by atoms with Gasteiger partial charge in [0.15, 0.2) is 0 Å². The van der Waals surface area contributed by atoms with Gasteiger partial charge in [-0.1, -0.05) is 40.6 Å². The van der Waals surface area contributed by atoms with E-state index < -0.39 is 0 Å². The summed E-state index contributed by atoms with van der Waals surface area (Å²) in [6.07, 6.45) is 1.44. The molecule has 1 amide bonds. The fraction of sp³-hybridized carbons (Fsp3) is 0.0909. The number of hydrogen-bond acceptors (Lipinski definition) is 6. The SMILES string of the molecule is Nc1nnc(CC(=O)N/N=C/c2c(Cl)cccc2Cl)s1. The van der Waals surface area contributed by atoms with Gasteiger partial charge in [-0.2, -0.15) is 5.10 Å². The Labute approximate surface area is 128 Å². The number of amides is 1. The lowest BCUT2D eigenvalue weighted by Gasteiger charge is -2.00. The smallest absolute Gasteiger partial charge is 0.247 e. The molecule has 0 saturated carbocycles. The van der Waals surface area contributed by atoms with Crippen molar-refractivity contribution in [2.45, 2.75) is 6.42 Å². The van der Waals surface area contributed by atoms with E-state index in [0.29, 0.717) is 25.7 Å². The average Bonchev–Trinajstić information content (AvgIpc) is 2.78. The molecule has 9 heteroatoms. The molecule has 2 aromatic rings. The van der Waals surface area contributed by atoms with Gasteiger partial charge in [-0.25, -0.2) is 5.43 Å². The van der Waals surface area contributed by atoms with Crippen molar-refractivity contribution < 1.29 is 4.79 Å². The molecule has 1 aromatic carbocycles. The summed E-state index contributed by atoms with van der Waals surface area (Å²) in [5.41, 5.74) is 8.31. The minimum atomic E-state index is -0.333. The van der Waals surface area contributed by atoms with Crippen LogP contribution in [0.2, 0.25) is 10.0 Å². The molecule has 0 radical (unpaired) electrons. The molecule has 0 aliphatic carbocycles. The molecule has 0 aliphatic rings. The molecule has 0 spiro atoms. The van der Waals surface area contributed by atoms with Crippen molar-refractivity contribution in [3.8, 4) is 0 Å². The van der Waals surface area contributed by atoms with E-state index in [-0.39, 0.29) is 12.3 Å². The second-order valence-corrected chi connectivity index (χ2v) is 5.55. The Hall–Kier alpha value is -1.70. The first-order valence-electron chi connectivity index (χ1n) is 5.40. The molecule has 0 aliphatic heterocycles. The number of aromatic nitrogens is 2. The summed E-state index contributed by atoms with van der Waals surface area (Å²) >= 11 is 13.1. The highest BCUT2D eigenvalue weighted by Crippen LogP contribution is 2.22. The highest BCUT2D eigenvalue weighted by atomic mass is 35.5. The molecular weight excluding hydrogens is 321 g/mol. The molecule has 0 saturated heterocycles. The lowest BCUT2D eigenvalue weighted by atomic mass is 10.2. The molecule has 0 unspecified atom stereocenters. The third-order valence-electron chi connectivity index (χ3n) is 2.18. The second kappa shape index (κ2) is 6.65. The van der Waals surface area contributed by atoms with E-state index in [0.717, 1.165) is 11.3 Å². The summed E-state index contributed by atoms with van der Waals surface area (Å²) in [7, 11) is 0. The predicted molar refractivity (Wildman–Crippen MR) is 80.2 cm³/mol. The van der Waals surface area contributed by atoms with Crippen molar-refractivity contribution in [3.05, 3.63) is 38.8 Å². The molecule has 2 rings (SSSR count). The summed E-state index contributed by atoms with van der Waals surface area (Å²) in [6, 6.07) is 5.09. The first kappa shape index (κ1) is 14.7. The molecule has 1 aromatic heterocycles. The van der Waals surface area contributed by atoms with Crippen molar-refractivity contribution >= 4 is 51.8 Å². The van der Waals surface area contributed by atoms with Crippen molar-refractivity contribution in [1.82, 2.24) is 15.6 Å². The molecular formula is C11H9Cl2N5OS. The third kappa shape index (κ3) is 3.89. The van der Waals surface area contributed by atoms with Crippen molar-refractivity contribution in [2.24, 2.45) is 5.10 Å². The van der Waals surface area contributed by atoms with E-state index in [9.17, 15) is 4.79 Å². The van der Waals surface area contributed by atoms with E-state index in [2.05, 4.69) is 20.7 Å². The first-order valence-corrected chi connectivity index (χ1v) is 6.97. The van der Waals surface area contributed by atoms with Crippen LogP contribution >= 0.6 is 34.5 Å². The summed E-state index contributed by atoms with van der Waals surface area (Å²) in [5.74, 6) is -0.333. The number of nitrogens with one attached hydrogen (secondary N) is 1. The topological polar surface area (TPSA) is 93.3 Å². The zero-order chi connectivity index (χ0) is 14.5. The van der Waals surface area contributed by atoms with Crippen LogP contribution < -0.4 is 11.2 Å². The highest BCUT2D eigenvalue weighted by molar-refractivity contribution is 7.15. The van der Waals surface area contributed by atoms with E-state index in [1.165, 1.54) is 6.21 Å². The van der Waals surface area contributed by atoms with Gasteiger partial charge in [0, 0.05) is 5.56 Å². The number of anilines is 1. The van der Waals surface area contributed by atoms with Crippen LogP contribution in [0.15, 0.2) is 23.3 Å². The molecule has 0 fully saturated rings. The number of halogens is 2. The predicted octanol–water partition coefficient (Wildman–Crippen LogP) is 2.12. The Morgan fingerprint density at radius 2 is 2.10 bits per heavy atom. The van der Waals surface area contributed by atoms with Crippen LogP contribution in [0.25, 0.3) is 0 Å². The van der Waals surface area contributed by atoms with Crippen molar-refractivity contribution in [3.63, 3.8) is 0 Å². The molecule has 6 nitrogen and oxygen atoms in total. The van der Waals surface area contributed by atoms with Crippen LogP contribution in [0.5, 0.6) is 0 Å². The number of hydrazone groups is 1. The minimum absolute atomic E-state index is 0.0580. The zero-order valence-electron chi connectivity index (χ0n) is 10.0. The van der Waals surface area contributed by atoms with Crippen LogP contribution in [0.3, 0.4) is 0 Å². The number of nitrogens with two attached hydrogens (primary N) is 1. The minimum Gasteiger partial charge on any atom is -0.374 e. The van der Waals surface area contributed by atoms with Gasteiger partial charge in [-0.3, -0.25) is 4.79 Å². The monoisotopic (exact) mass is 329 g/mol. The molecule has 3 N–H and O–H groups in total. The number of benzene rings is 1. The van der Waals surface area contributed by atoms with Crippen LogP contribution in [-0.2, 0) is 11.2 Å². The van der Waals surface area contributed by atoms with Gasteiger partial charge in [-0.15, -0.1) is 10.2 Å². The molecule has 104 valence electrons. The van der Waals surface area contributed by atoms with E-state index in [1.807, 2.05) is 0 Å². The van der Waals surface area contributed by atoms with Gasteiger partial charge < -0.3 is 5.73 Å². The Balaban J connectivity index is 1.94. The van der Waals surface area contributed by atoms with Crippen molar-refractivity contribution in [1.29, 1.82) is 0 Å². The fourth-order valence-electron chi connectivity index (χ4n) is 1.32. The molecule has 0 atom stereocenters. The number of rotatable bonds is 4. The van der Waals surface area contributed by atoms with Gasteiger partial charge >= 0.3 is 0 Å². The van der Waals surface area contributed by atoms with E-state index >= 15 is 0 Å². The second-order valence-electron chi connectivity index (χ2n) is 3.64. The van der Waals surface area contributed by atoms with E-state index in [1.54, 1.807) is 18.2 Å². The lowest BCUT2D eigenvalue weighted by Crippen LogP contribution is -2.19. The number of nitrogen functional groups attached to an aromatic ring is 1. The first-order chi connectivity index (χ1) is 9.56. The molecule has 0 bridgehead atoms.